The van der Waals surface area contributed by atoms with Gasteiger partial charge < -0.3 is 9.73 Å². The Bertz CT molecular complexity index is 658. The summed E-state index contributed by atoms with van der Waals surface area (Å²) in [7, 11) is 0. The van der Waals surface area contributed by atoms with Crippen LogP contribution in [0.2, 0.25) is 0 Å². The van der Waals surface area contributed by atoms with Crippen LogP contribution in [0.1, 0.15) is 10.4 Å². The number of para-hydroxylation sites is 1. The number of rotatable bonds is 4. The molecule has 0 bridgehead atoms. The first kappa shape index (κ1) is 12.0. The predicted octanol–water partition coefficient (Wildman–Crippen LogP) is 4.55. The summed E-state index contributed by atoms with van der Waals surface area (Å²) in [5.41, 5.74) is 2.16. The fourth-order valence-corrected chi connectivity index (χ4v) is 3.39. The van der Waals surface area contributed by atoms with Crippen molar-refractivity contribution in [2.75, 3.05) is 0 Å². The van der Waals surface area contributed by atoms with Crippen LogP contribution in [-0.4, -0.2) is 0 Å². The maximum absolute atomic E-state index is 5.51. The molecule has 0 radical (unpaired) electrons. The predicted molar refractivity (Wildman–Crippen MR) is 78.8 cm³/mol. The lowest BCUT2D eigenvalue weighted by Crippen LogP contribution is -2.11. The van der Waals surface area contributed by atoms with Gasteiger partial charge >= 0.3 is 0 Å². The molecule has 18 heavy (non-hydrogen) atoms. The summed E-state index contributed by atoms with van der Waals surface area (Å²) in [6.07, 6.45) is 1.83. The first-order valence-corrected chi connectivity index (χ1v) is 7.39. The number of fused-ring (bicyclic) bond motifs is 1. The highest BCUT2D eigenvalue weighted by molar-refractivity contribution is 9.10. The molecule has 4 heteroatoms. The lowest BCUT2D eigenvalue weighted by Gasteiger charge is -2.02. The summed E-state index contributed by atoms with van der Waals surface area (Å²) in [5, 5.41) is 6.73. The van der Waals surface area contributed by atoms with E-state index in [9.17, 15) is 0 Å². The highest BCUT2D eigenvalue weighted by Gasteiger charge is 2.05. The van der Waals surface area contributed by atoms with E-state index in [2.05, 4.69) is 38.8 Å². The van der Waals surface area contributed by atoms with E-state index in [1.165, 1.54) is 20.3 Å². The van der Waals surface area contributed by atoms with Crippen LogP contribution in [0.15, 0.2) is 50.9 Å². The van der Waals surface area contributed by atoms with Gasteiger partial charge in [-0.3, -0.25) is 0 Å². The fourth-order valence-electron chi connectivity index (χ4n) is 1.93. The largest absolute Gasteiger partial charge is 0.464 e. The first-order valence-electron chi connectivity index (χ1n) is 5.72. The molecule has 0 spiro atoms. The summed E-state index contributed by atoms with van der Waals surface area (Å²) in [6, 6.07) is 10.2. The zero-order valence-electron chi connectivity index (χ0n) is 9.65. The van der Waals surface area contributed by atoms with Gasteiger partial charge in [0.05, 0.1) is 6.26 Å². The van der Waals surface area contributed by atoms with Crippen molar-refractivity contribution in [3.63, 3.8) is 0 Å². The molecule has 0 atom stereocenters. The Labute approximate surface area is 118 Å². The van der Waals surface area contributed by atoms with Crippen LogP contribution in [0.25, 0.3) is 11.0 Å². The summed E-state index contributed by atoms with van der Waals surface area (Å²) in [6.45, 7) is 1.69. The number of furan rings is 1. The molecule has 1 aromatic carbocycles. The van der Waals surface area contributed by atoms with E-state index >= 15 is 0 Å². The molecule has 0 aliphatic carbocycles. The molecular weight excluding hydrogens is 310 g/mol. The number of benzene rings is 1. The molecule has 2 heterocycles. The van der Waals surface area contributed by atoms with Crippen molar-refractivity contribution in [3.05, 3.63) is 56.9 Å². The minimum absolute atomic E-state index is 0.821. The third-order valence-electron chi connectivity index (χ3n) is 2.85. The smallest absolute Gasteiger partial charge is 0.134 e. The summed E-state index contributed by atoms with van der Waals surface area (Å²) < 4.78 is 6.69. The van der Waals surface area contributed by atoms with E-state index in [1.807, 2.05) is 24.5 Å². The number of thiophene rings is 1. The monoisotopic (exact) mass is 321 g/mol. The molecule has 0 amide bonds. The van der Waals surface area contributed by atoms with Crippen LogP contribution in [0.3, 0.4) is 0 Å². The molecule has 92 valence electrons. The molecule has 3 aromatic rings. The quantitative estimate of drug-likeness (QED) is 0.762. The van der Waals surface area contributed by atoms with Crippen LogP contribution < -0.4 is 5.32 Å². The summed E-state index contributed by atoms with van der Waals surface area (Å²) >= 11 is 5.29. The van der Waals surface area contributed by atoms with Crippen LogP contribution in [0.5, 0.6) is 0 Å². The highest BCUT2D eigenvalue weighted by Crippen LogP contribution is 2.23. The molecule has 2 aromatic heterocycles. The third kappa shape index (κ3) is 2.36. The molecule has 2 nitrogen and oxygen atoms in total. The second-order valence-corrected chi connectivity index (χ2v) is 5.91. The van der Waals surface area contributed by atoms with Crippen molar-refractivity contribution in [2.45, 2.75) is 13.1 Å². The zero-order valence-corrected chi connectivity index (χ0v) is 12.1. The van der Waals surface area contributed by atoms with Crippen molar-refractivity contribution in [3.8, 4) is 0 Å². The second-order valence-electron chi connectivity index (χ2n) is 4.05. The lowest BCUT2D eigenvalue weighted by molar-refractivity contribution is 0.602. The van der Waals surface area contributed by atoms with Crippen molar-refractivity contribution in [1.82, 2.24) is 5.32 Å². The van der Waals surface area contributed by atoms with Gasteiger partial charge in [-0.1, -0.05) is 18.2 Å². The van der Waals surface area contributed by atoms with Crippen molar-refractivity contribution < 1.29 is 4.42 Å². The molecule has 3 rings (SSSR count). The topological polar surface area (TPSA) is 25.2 Å². The first-order chi connectivity index (χ1) is 8.84. The van der Waals surface area contributed by atoms with Gasteiger partial charge in [0, 0.05) is 33.4 Å². The standard InChI is InChI=1S/C14H12BrNOS/c15-12-5-6-18-14(12)8-16-7-10-9-17-13-4-2-1-3-11(10)13/h1-6,9,16H,7-8H2. The summed E-state index contributed by atoms with van der Waals surface area (Å²) in [4.78, 5) is 1.32. The number of hydrogen-bond donors (Lipinski definition) is 1. The van der Waals surface area contributed by atoms with Crippen LogP contribution in [0, 0.1) is 0 Å². The molecule has 0 fully saturated rings. The summed E-state index contributed by atoms with van der Waals surface area (Å²) in [5.74, 6) is 0. The normalized spacial score (nSPS) is 11.2. The molecule has 0 saturated heterocycles. The molecule has 0 saturated carbocycles. The van der Waals surface area contributed by atoms with E-state index in [0.717, 1.165) is 18.7 Å². The number of nitrogens with one attached hydrogen (secondary N) is 1. The maximum Gasteiger partial charge on any atom is 0.134 e. The van der Waals surface area contributed by atoms with Gasteiger partial charge in [-0.05, 0) is 33.4 Å². The number of hydrogen-bond acceptors (Lipinski definition) is 3. The minimum atomic E-state index is 0.821. The minimum Gasteiger partial charge on any atom is -0.464 e. The SMILES string of the molecule is Brc1ccsc1CNCc1coc2ccccc12. The van der Waals surface area contributed by atoms with Crippen molar-refractivity contribution in [1.29, 1.82) is 0 Å². The molecule has 0 aliphatic rings. The van der Waals surface area contributed by atoms with E-state index in [4.69, 9.17) is 4.42 Å². The molecule has 0 unspecified atom stereocenters. The van der Waals surface area contributed by atoms with E-state index in [0.29, 0.717) is 0 Å². The molecular formula is C14H12BrNOS. The van der Waals surface area contributed by atoms with Gasteiger partial charge in [0.1, 0.15) is 5.58 Å². The van der Waals surface area contributed by atoms with E-state index in [1.54, 1.807) is 11.3 Å². The van der Waals surface area contributed by atoms with Gasteiger partial charge in [0.2, 0.25) is 0 Å². The van der Waals surface area contributed by atoms with E-state index < -0.39 is 0 Å². The van der Waals surface area contributed by atoms with Crippen LogP contribution in [0.4, 0.5) is 0 Å². The van der Waals surface area contributed by atoms with Crippen LogP contribution >= 0.6 is 27.3 Å². The Balaban J connectivity index is 1.68. The zero-order chi connectivity index (χ0) is 12.4. The Morgan fingerprint density at radius 3 is 2.89 bits per heavy atom. The van der Waals surface area contributed by atoms with E-state index in [-0.39, 0.29) is 0 Å². The lowest BCUT2D eigenvalue weighted by atomic mass is 10.2. The third-order valence-corrected chi connectivity index (χ3v) is 4.78. The van der Waals surface area contributed by atoms with Gasteiger partial charge in [0.25, 0.3) is 0 Å². The molecule has 1 N–H and O–H groups in total. The fraction of sp³-hybridized carbons (Fsp3) is 0.143. The highest BCUT2D eigenvalue weighted by atomic mass is 79.9. The average Bonchev–Trinajstić information content (AvgIpc) is 2.97. The molecule has 0 aliphatic heterocycles. The Hall–Kier alpha value is -1.10. The van der Waals surface area contributed by atoms with Crippen LogP contribution in [-0.2, 0) is 13.1 Å². The number of halogens is 1. The second kappa shape index (κ2) is 5.26. The van der Waals surface area contributed by atoms with Gasteiger partial charge in [0.15, 0.2) is 0 Å². The van der Waals surface area contributed by atoms with Gasteiger partial charge in [-0.15, -0.1) is 11.3 Å². The van der Waals surface area contributed by atoms with Gasteiger partial charge in [-0.2, -0.15) is 0 Å². The van der Waals surface area contributed by atoms with Crippen molar-refractivity contribution >= 4 is 38.2 Å². The van der Waals surface area contributed by atoms with Crippen molar-refractivity contribution in [2.24, 2.45) is 0 Å². The average molecular weight is 322 g/mol. The maximum atomic E-state index is 5.51. The Morgan fingerprint density at radius 2 is 2.06 bits per heavy atom. The van der Waals surface area contributed by atoms with Gasteiger partial charge in [-0.25, -0.2) is 0 Å². The Kier molecular flexibility index (Phi) is 3.50. The Morgan fingerprint density at radius 1 is 1.17 bits per heavy atom.